The molecule has 0 saturated heterocycles. The van der Waals surface area contributed by atoms with Crippen molar-refractivity contribution in [3.8, 4) is 5.75 Å². The van der Waals surface area contributed by atoms with Crippen LogP contribution in [0.25, 0.3) is 0 Å². The third-order valence-electron chi connectivity index (χ3n) is 6.52. The molecular formula is C28H24O. The van der Waals surface area contributed by atoms with Crippen molar-refractivity contribution >= 4 is 0 Å². The molecule has 0 radical (unpaired) electrons. The van der Waals surface area contributed by atoms with E-state index in [1.54, 1.807) is 7.11 Å². The number of hydrogen-bond donors (Lipinski definition) is 0. The van der Waals surface area contributed by atoms with E-state index in [9.17, 15) is 0 Å². The smallest absolute Gasteiger partial charge is 0.118 e. The maximum Gasteiger partial charge on any atom is 0.118 e. The number of benzene rings is 4. The molecule has 1 unspecified atom stereocenters. The lowest BCUT2D eigenvalue weighted by molar-refractivity contribution is 0.414. The fourth-order valence-corrected chi connectivity index (χ4v) is 5.12. The third-order valence-corrected chi connectivity index (χ3v) is 6.52. The van der Waals surface area contributed by atoms with Crippen LogP contribution in [0.5, 0.6) is 5.75 Å². The van der Waals surface area contributed by atoms with Gasteiger partial charge in [-0.05, 0) is 40.8 Å². The predicted octanol–water partition coefficient (Wildman–Crippen LogP) is 6.37. The molecule has 0 aliphatic heterocycles. The molecule has 29 heavy (non-hydrogen) atoms. The first kappa shape index (κ1) is 17.8. The Hall–Kier alpha value is -3.32. The quantitative estimate of drug-likeness (QED) is 0.393. The van der Waals surface area contributed by atoms with Gasteiger partial charge in [-0.15, -0.1) is 0 Å². The highest BCUT2D eigenvalue weighted by Crippen LogP contribution is 2.71. The topological polar surface area (TPSA) is 9.23 Å². The van der Waals surface area contributed by atoms with Crippen molar-refractivity contribution < 1.29 is 4.74 Å². The molecule has 0 heterocycles. The SMILES string of the molecule is COc1ccc(C2(c3ccccc3)CC2(c2ccccc2)c2ccccc2)cc1. The van der Waals surface area contributed by atoms with Gasteiger partial charge in [0.15, 0.2) is 0 Å². The maximum atomic E-state index is 5.43. The molecule has 1 atom stereocenters. The van der Waals surface area contributed by atoms with Crippen molar-refractivity contribution in [1.82, 2.24) is 0 Å². The van der Waals surface area contributed by atoms with Crippen LogP contribution in [0.1, 0.15) is 28.7 Å². The first-order valence-electron chi connectivity index (χ1n) is 10.1. The highest BCUT2D eigenvalue weighted by molar-refractivity contribution is 5.65. The van der Waals surface area contributed by atoms with Gasteiger partial charge in [0.2, 0.25) is 0 Å². The fourth-order valence-electron chi connectivity index (χ4n) is 5.12. The fraction of sp³-hybridized carbons (Fsp3) is 0.143. The molecule has 0 amide bonds. The van der Waals surface area contributed by atoms with Gasteiger partial charge in [-0.25, -0.2) is 0 Å². The van der Waals surface area contributed by atoms with Gasteiger partial charge in [0, 0.05) is 10.8 Å². The van der Waals surface area contributed by atoms with Crippen molar-refractivity contribution in [1.29, 1.82) is 0 Å². The minimum absolute atomic E-state index is 0.0918. The summed E-state index contributed by atoms with van der Waals surface area (Å²) in [6, 6.07) is 41.5. The summed E-state index contributed by atoms with van der Waals surface area (Å²) >= 11 is 0. The van der Waals surface area contributed by atoms with Crippen LogP contribution in [-0.4, -0.2) is 7.11 Å². The molecule has 1 heteroatoms. The first-order valence-corrected chi connectivity index (χ1v) is 10.1. The summed E-state index contributed by atoms with van der Waals surface area (Å²) in [4.78, 5) is 0. The summed E-state index contributed by atoms with van der Waals surface area (Å²) in [5.41, 5.74) is 5.22. The molecule has 4 aromatic carbocycles. The Bertz CT molecular complexity index is 1050. The second-order valence-electron chi connectivity index (χ2n) is 7.81. The Kier molecular flexibility index (Phi) is 4.24. The van der Waals surface area contributed by atoms with Crippen molar-refractivity contribution in [3.05, 3.63) is 138 Å². The minimum atomic E-state index is -0.108. The third kappa shape index (κ3) is 2.61. The molecular weight excluding hydrogens is 352 g/mol. The molecule has 1 fully saturated rings. The summed E-state index contributed by atoms with van der Waals surface area (Å²) in [6.07, 6.45) is 1.05. The van der Waals surface area contributed by atoms with E-state index in [0.717, 1.165) is 12.2 Å². The second-order valence-corrected chi connectivity index (χ2v) is 7.81. The van der Waals surface area contributed by atoms with Crippen LogP contribution >= 0.6 is 0 Å². The standard InChI is InChI=1S/C28H24O/c1-29-26-19-17-25(18-20-26)28(24-15-9-4-10-16-24)21-27(28,22-11-5-2-6-12-22)23-13-7-3-8-14-23/h2-20H,21H2,1H3. The van der Waals surface area contributed by atoms with Crippen molar-refractivity contribution in [2.45, 2.75) is 17.3 Å². The van der Waals surface area contributed by atoms with Gasteiger partial charge in [0.25, 0.3) is 0 Å². The first-order chi connectivity index (χ1) is 14.3. The van der Waals surface area contributed by atoms with Gasteiger partial charge < -0.3 is 4.74 Å². The monoisotopic (exact) mass is 376 g/mol. The van der Waals surface area contributed by atoms with Gasteiger partial charge in [-0.3, -0.25) is 0 Å². The van der Waals surface area contributed by atoms with Gasteiger partial charge in [-0.2, -0.15) is 0 Å². The molecule has 5 rings (SSSR count). The Morgan fingerprint density at radius 1 is 0.483 bits per heavy atom. The predicted molar refractivity (Wildman–Crippen MR) is 118 cm³/mol. The van der Waals surface area contributed by atoms with Crippen molar-refractivity contribution in [2.24, 2.45) is 0 Å². The van der Waals surface area contributed by atoms with E-state index in [4.69, 9.17) is 4.74 Å². The van der Waals surface area contributed by atoms with Gasteiger partial charge in [0.1, 0.15) is 5.75 Å². The molecule has 1 aliphatic carbocycles. The van der Waals surface area contributed by atoms with E-state index in [1.165, 1.54) is 22.3 Å². The maximum absolute atomic E-state index is 5.43. The van der Waals surface area contributed by atoms with Crippen LogP contribution in [-0.2, 0) is 10.8 Å². The summed E-state index contributed by atoms with van der Waals surface area (Å²) in [7, 11) is 1.72. The number of rotatable bonds is 5. The number of methoxy groups -OCH3 is 1. The van der Waals surface area contributed by atoms with Gasteiger partial charge in [-0.1, -0.05) is 103 Å². The van der Waals surface area contributed by atoms with E-state index in [2.05, 4.69) is 115 Å². The number of ether oxygens (including phenoxy) is 1. The molecule has 1 saturated carbocycles. The Balaban J connectivity index is 1.79. The largest absolute Gasteiger partial charge is 0.497 e. The molecule has 0 spiro atoms. The average molecular weight is 376 g/mol. The Labute approximate surface area is 172 Å². The highest BCUT2D eigenvalue weighted by Gasteiger charge is 2.70. The van der Waals surface area contributed by atoms with Crippen LogP contribution < -0.4 is 4.74 Å². The second kappa shape index (κ2) is 6.93. The molecule has 1 nitrogen and oxygen atoms in total. The summed E-state index contributed by atoms with van der Waals surface area (Å²) in [5.74, 6) is 0.891. The van der Waals surface area contributed by atoms with Crippen LogP contribution in [0.4, 0.5) is 0 Å². The number of hydrogen-bond acceptors (Lipinski definition) is 1. The lowest BCUT2D eigenvalue weighted by Crippen LogP contribution is -2.25. The van der Waals surface area contributed by atoms with Crippen LogP contribution in [0.2, 0.25) is 0 Å². The lowest BCUT2D eigenvalue weighted by Gasteiger charge is -2.29. The molecule has 0 N–H and O–H groups in total. The van der Waals surface area contributed by atoms with E-state index < -0.39 is 0 Å². The average Bonchev–Trinajstić information content (AvgIpc) is 3.54. The molecule has 1 aliphatic rings. The zero-order valence-corrected chi connectivity index (χ0v) is 16.6. The van der Waals surface area contributed by atoms with Gasteiger partial charge in [0.05, 0.1) is 7.11 Å². The molecule has 4 aromatic rings. The van der Waals surface area contributed by atoms with Crippen LogP contribution in [0.15, 0.2) is 115 Å². The minimum Gasteiger partial charge on any atom is -0.497 e. The van der Waals surface area contributed by atoms with E-state index in [1.807, 2.05) is 0 Å². The Morgan fingerprint density at radius 3 is 1.17 bits per heavy atom. The van der Waals surface area contributed by atoms with E-state index >= 15 is 0 Å². The van der Waals surface area contributed by atoms with Crippen molar-refractivity contribution in [3.63, 3.8) is 0 Å². The zero-order valence-electron chi connectivity index (χ0n) is 16.6. The molecule has 0 bridgehead atoms. The molecule has 0 aromatic heterocycles. The van der Waals surface area contributed by atoms with Crippen molar-refractivity contribution in [2.75, 3.05) is 7.11 Å². The molecule has 142 valence electrons. The lowest BCUT2D eigenvalue weighted by atomic mass is 9.74. The summed E-state index contributed by atoms with van der Waals surface area (Å²) in [5, 5.41) is 0. The van der Waals surface area contributed by atoms with Crippen LogP contribution in [0.3, 0.4) is 0 Å². The summed E-state index contributed by atoms with van der Waals surface area (Å²) in [6.45, 7) is 0. The van der Waals surface area contributed by atoms with E-state index in [-0.39, 0.29) is 10.8 Å². The Morgan fingerprint density at radius 2 is 0.828 bits per heavy atom. The summed E-state index contributed by atoms with van der Waals surface area (Å²) < 4.78 is 5.43. The van der Waals surface area contributed by atoms with E-state index in [0.29, 0.717) is 0 Å². The normalized spacial score (nSPS) is 19.5. The highest BCUT2D eigenvalue weighted by atomic mass is 16.5. The van der Waals surface area contributed by atoms with Crippen LogP contribution in [0, 0.1) is 0 Å². The zero-order chi connectivity index (χ0) is 19.7. The van der Waals surface area contributed by atoms with Gasteiger partial charge >= 0.3 is 0 Å².